The molecule has 1 aromatic carbocycles. The van der Waals surface area contributed by atoms with Crippen LogP contribution in [0.4, 0.5) is 8.78 Å². The van der Waals surface area contributed by atoms with Gasteiger partial charge in [-0.1, -0.05) is 24.8 Å². The minimum atomic E-state index is -1.08. The van der Waals surface area contributed by atoms with E-state index in [1.807, 2.05) is 17.0 Å². The summed E-state index contributed by atoms with van der Waals surface area (Å²) in [4.78, 5) is 28.2. The van der Waals surface area contributed by atoms with Crippen molar-refractivity contribution in [2.45, 2.75) is 81.8 Å². The van der Waals surface area contributed by atoms with Crippen LogP contribution in [0.1, 0.15) is 68.1 Å². The van der Waals surface area contributed by atoms with Crippen molar-refractivity contribution in [2.24, 2.45) is 15.9 Å². The summed E-state index contributed by atoms with van der Waals surface area (Å²) < 4.78 is 37.6. The molecule has 0 aromatic heterocycles. The third-order valence-electron chi connectivity index (χ3n) is 11.2. The smallest absolute Gasteiger partial charge is 0.282 e. The van der Waals surface area contributed by atoms with Gasteiger partial charge in [-0.25, -0.2) is 13.8 Å². The Morgan fingerprint density at radius 1 is 1.08 bits per heavy atom. The van der Waals surface area contributed by atoms with Gasteiger partial charge in [0.15, 0.2) is 11.7 Å². The van der Waals surface area contributed by atoms with Crippen LogP contribution in [0.2, 0.25) is 0 Å². The number of nitriles is 2. The number of fused-ring (bicyclic) bond motifs is 3. The number of hydrogen-bond donors (Lipinski definition) is 0. The lowest BCUT2D eigenvalue weighted by molar-refractivity contribution is -0.133. The number of ether oxygens (including phenoxy) is 1. The number of nitrogens with zero attached hydrogens (tertiary/aromatic N) is 7. The number of halogens is 2. The quantitative estimate of drug-likeness (QED) is 0.365. The van der Waals surface area contributed by atoms with Crippen molar-refractivity contribution in [1.82, 2.24) is 14.7 Å². The molecule has 250 valence electrons. The van der Waals surface area contributed by atoms with Crippen LogP contribution in [0, 0.1) is 28.6 Å². The number of carbonyl (C=O) groups excluding carboxylic acids is 1. The van der Waals surface area contributed by atoms with E-state index in [1.54, 1.807) is 6.21 Å². The standard InChI is InChI=1S/C37H41F2N7O2/c1-24(38)36(47)46-20-19-44(22-26(46)11-15-40)34-29(12-16-41)35(48-23-37-13-5-17-45(37)18-6-14-37)43-33-30(34)21-42-32(31(33)39)28-10-4-8-25-7-2-3-9-27(25)28/h4,8,10,21,26,30,33H,1-3,5-7,9,11-14,17-20,22-23H2/t26-,30?,33?/m0/s1. The van der Waals surface area contributed by atoms with Crippen molar-refractivity contribution in [3.63, 3.8) is 0 Å². The summed E-state index contributed by atoms with van der Waals surface area (Å²) in [5.74, 6) is -2.71. The summed E-state index contributed by atoms with van der Waals surface area (Å²) in [7, 11) is 0. The van der Waals surface area contributed by atoms with Gasteiger partial charge in [0.05, 0.1) is 42.5 Å². The van der Waals surface area contributed by atoms with E-state index in [9.17, 15) is 19.7 Å². The molecule has 11 heteroatoms. The first kappa shape index (κ1) is 32.2. The van der Waals surface area contributed by atoms with Gasteiger partial charge in [0, 0.05) is 42.7 Å². The lowest BCUT2D eigenvalue weighted by Gasteiger charge is -2.46. The second-order valence-corrected chi connectivity index (χ2v) is 13.8. The molecular weight excluding hydrogens is 612 g/mol. The molecule has 6 aliphatic rings. The van der Waals surface area contributed by atoms with E-state index >= 15 is 4.39 Å². The maximum atomic E-state index is 17.0. The first-order chi connectivity index (χ1) is 23.3. The highest BCUT2D eigenvalue weighted by Gasteiger charge is 2.47. The lowest BCUT2D eigenvalue weighted by Crippen LogP contribution is -2.56. The van der Waals surface area contributed by atoms with E-state index in [2.05, 4.69) is 29.7 Å². The van der Waals surface area contributed by atoms with Gasteiger partial charge in [-0.2, -0.15) is 10.5 Å². The summed E-state index contributed by atoms with van der Waals surface area (Å²) in [5.41, 5.74) is 4.60. The number of carbonyl (C=O) groups is 1. The maximum absolute atomic E-state index is 17.0. The summed E-state index contributed by atoms with van der Waals surface area (Å²) in [5, 5.41) is 19.7. The molecule has 3 atom stereocenters. The number of rotatable bonds is 7. The molecule has 3 fully saturated rings. The number of hydrogen-bond acceptors (Lipinski definition) is 8. The molecule has 5 heterocycles. The summed E-state index contributed by atoms with van der Waals surface area (Å²) in [6, 6.07) is 8.84. The molecule has 0 bridgehead atoms. The highest BCUT2D eigenvalue weighted by atomic mass is 19.1. The average molecular weight is 654 g/mol. The Hall–Kier alpha value is -4.35. The zero-order valence-electron chi connectivity index (χ0n) is 27.3. The van der Waals surface area contributed by atoms with Gasteiger partial charge in [0.1, 0.15) is 18.3 Å². The largest absolute Gasteiger partial charge is 0.476 e. The summed E-state index contributed by atoms with van der Waals surface area (Å²) in [6.45, 7) is 6.26. The van der Waals surface area contributed by atoms with Crippen molar-refractivity contribution >= 4 is 23.7 Å². The van der Waals surface area contributed by atoms with Crippen LogP contribution >= 0.6 is 0 Å². The predicted octanol–water partition coefficient (Wildman–Crippen LogP) is 5.41. The lowest BCUT2D eigenvalue weighted by atomic mass is 9.83. The fraction of sp³-hybridized carbons (Fsp3) is 0.541. The van der Waals surface area contributed by atoms with E-state index in [0.717, 1.165) is 75.6 Å². The molecule has 1 aromatic rings. The van der Waals surface area contributed by atoms with Gasteiger partial charge >= 0.3 is 0 Å². The van der Waals surface area contributed by atoms with E-state index in [0.29, 0.717) is 17.9 Å². The van der Waals surface area contributed by atoms with E-state index in [4.69, 9.17) is 14.7 Å². The van der Waals surface area contributed by atoms with Crippen LogP contribution in [0.25, 0.3) is 5.70 Å². The van der Waals surface area contributed by atoms with Crippen LogP contribution in [-0.4, -0.2) is 89.7 Å². The maximum Gasteiger partial charge on any atom is 0.282 e. The Morgan fingerprint density at radius 3 is 2.62 bits per heavy atom. The second kappa shape index (κ2) is 13.3. The topological polar surface area (TPSA) is 108 Å². The Kier molecular flexibility index (Phi) is 8.91. The van der Waals surface area contributed by atoms with Gasteiger partial charge in [-0.15, -0.1) is 0 Å². The second-order valence-electron chi connectivity index (χ2n) is 13.8. The monoisotopic (exact) mass is 653 g/mol. The molecule has 1 amide bonds. The Morgan fingerprint density at radius 2 is 1.88 bits per heavy atom. The highest BCUT2D eigenvalue weighted by Crippen LogP contribution is 2.44. The molecule has 0 radical (unpaired) electrons. The molecule has 2 unspecified atom stereocenters. The molecule has 48 heavy (non-hydrogen) atoms. The number of amides is 1. The molecule has 0 N–H and O–H groups in total. The van der Waals surface area contributed by atoms with Crippen molar-refractivity contribution in [1.29, 1.82) is 10.5 Å². The van der Waals surface area contributed by atoms with Crippen LogP contribution in [-0.2, 0) is 22.4 Å². The van der Waals surface area contributed by atoms with Crippen molar-refractivity contribution in [2.75, 3.05) is 39.3 Å². The van der Waals surface area contributed by atoms with E-state index in [1.165, 1.54) is 10.5 Å². The first-order valence-electron chi connectivity index (χ1n) is 17.2. The number of piperazine rings is 1. The van der Waals surface area contributed by atoms with Gasteiger partial charge in [0.25, 0.3) is 5.91 Å². The fourth-order valence-corrected chi connectivity index (χ4v) is 8.88. The number of dihydropyridines is 1. The molecule has 3 saturated heterocycles. The Balaban J connectivity index is 1.29. The third-order valence-corrected chi connectivity index (χ3v) is 11.2. The van der Waals surface area contributed by atoms with Gasteiger partial charge in [0.2, 0.25) is 5.90 Å². The summed E-state index contributed by atoms with van der Waals surface area (Å²) in [6.07, 6.45) is 9.92. The fourth-order valence-electron chi connectivity index (χ4n) is 8.88. The minimum Gasteiger partial charge on any atom is -0.476 e. The molecular formula is C37H41F2N7O2. The molecule has 0 saturated carbocycles. The summed E-state index contributed by atoms with van der Waals surface area (Å²) >= 11 is 0. The van der Waals surface area contributed by atoms with E-state index < -0.39 is 35.6 Å². The van der Waals surface area contributed by atoms with E-state index in [-0.39, 0.29) is 49.6 Å². The first-order valence-corrected chi connectivity index (χ1v) is 17.2. The number of benzene rings is 1. The molecule has 7 rings (SSSR count). The van der Waals surface area contributed by atoms with Gasteiger partial charge in [-0.3, -0.25) is 14.7 Å². The van der Waals surface area contributed by atoms with Crippen molar-refractivity contribution in [3.8, 4) is 12.1 Å². The Bertz CT molecular complexity index is 1710. The van der Waals surface area contributed by atoms with Crippen molar-refractivity contribution < 1.29 is 18.3 Å². The van der Waals surface area contributed by atoms with Gasteiger partial charge in [-0.05, 0) is 75.6 Å². The highest BCUT2D eigenvalue weighted by molar-refractivity contribution is 5.99. The van der Waals surface area contributed by atoms with Crippen molar-refractivity contribution in [3.05, 3.63) is 64.4 Å². The molecule has 0 spiro atoms. The van der Waals surface area contributed by atoms with Crippen LogP contribution in [0.15, 0.2) is 57.7 Å². The molecule has 5 aliphatic heterocycles. The minimum absolute atomic E-state index is 0.0182. The average Bonchev–Trinajstić information content (AvgIpc) is 3.68. The zero-order chi connectivity index (χ0) is 33.4. The predicted molar refractivity (Wildman–Crippen MR) is 178 cm³/mol. The number of aliphatic imine (C=N–C) groups is 2. The third kappa shape index (κ3) is 5.62. The molecule has 9 nitrogen and oxygen atoms in total. The zero-order valence-corrected chi connectivity index (χ0v) is 27.3. The van der Waals surface area contributed by atoms with Crippen LogP contribution < -0.4 is 0 Å². The Labute approximate surface area is 280 Å². The SMILES string of the molecule is C=C(F)C(=O)N1CCN(C2=C(CC#N)C(OCC34CCCN3CCC4)=NC3C(F)=C(c4cccc5c4CCCC5)N=CC23)C[C@@H]1CC#N. The van der Waals surface area contributed by atoms with Crippen LogP contribution in [0.3, 0.4) is 0 Å². The van der Waals surface area contributed by atoms with Gasteiger partial charge < -0.3 is 14.5 Å². The van der Waals surface area contributed by atoms with Crippen LogP contribution in [0.5, 0.6) is 0 Å². The molecule has 1 aliphatic carbocycles. The normalized spacial score (nSPS) is 26.3. The number of aryl methyl sites for hydroxylation is 1.